The van der Waals surface area contributed by atoms with Gasteiger partial charge in [-0.25, -0.2) is 0 Å². The minimum atomic E-state index is 0.283. The van der Waals surface area contributed by atoms with Gasteiger partial charge in [0.2, 0.25) is 5.91 Å². The van der Waals surface area contributed by atoms with Crippen LogP contribution in [0.5, 0.6) is 0 Å². The number of hydrogen-bond donors (Lipinski definition) is 0. The Morgan fingerprint density at radius 2 is 2.21 bits per heavy atom. The summed E-state index contributed by atoms with van der Waals surface area (Å²) in [6, 6.07) is 4.14. The Balaban J connectivity index is 1.70. The molecule has 0 N–H and O–H groups in total. The van der Waals surface area contributed by atoms with Crippen LogP contribution in [0.2, 0.25) is 0 Å². The van der Waals surface area contributed by atoms with Gasteiger partial charge in [0.1, 0.15) is 0 Å². The molecule has 1 saturated heterocycles. The number of ether oxygens (including phenoxy) is 1. The highest BCUT2D eigenvalue weighted by Crippen LogP contribution is 2.17. The Labute approximate surface area is 119 Å². The van der Waals surface area contributed by atoms with Crippen LogP contribution in [0.25, 0.3) is 0 Å². The van der Waals surface area contributed by atoms with E-state index in [2.05, 4.69) is 25.3 Å². The molecule has 2 heterocycles. The molecule has 19 heavy (non-hydrogen) atoms. The predicted molar refractivity (Wildman–Crippen MR) is 78.5 cm³/mol. The van der Waals surface area contributed by atoms with Crippen LogP contribution >= 0.6 is 11.3 Å². The average Bonchev–Trinajstić information content (AvgIpc) is 2.89. The minimum absolute atomic E-state index is 0.283. The molecule has 1 aliphatic rings. The Hall–Kier alpha value is -0.870. The van der Waals surface area contributed by atoms with E-state index in [0.717, 1.165) is 32.4 Å². The highest BCUT2D eigenvalue weighted by molar-refractivity contribution is 7.09. The average molecular weight is 281 g/mol. The van der Waals surface area contributed by atoms with Crippen molar-refractivity contribution >= 4 is 17.2 Å². The van der Waals surface area contributed by atoms with Crippen LogP contribution in [0.4, 0.5) is 0 Å². The molecule has 1 amide bonds. The number of thiophene rings is 1. The Bertz CT molecular complexity index is 381. The first-order chi connectivity index (χ1) is 9.15. The van der Waals surface area contributed by atoms with E-state index in [-0.39, 0.29) is 12.0 Å². The topological polar surface area (TPSA) is 29.5 Å². The summed E-state index contributed by atoms with van der Waals surface area (Å²) in [5, 5.41) is 2.06. The van der Waals surface area contributed by atoms with Gasteiger partial charge in [-0.2, -0.15) is 0 Å². The summed E-state index contributed by atoms with van der Waals surface area (Å²) in [7, 11) is 0. The summed E-state index contributed by atoms with van der Waals surface area (Å²) in [4.78, 5) is 15.4. The number of aryl methyl sites for hydroxylation is 1. The molecule has 1 aliphatic heterocycles. The van der Waals surface area contributed by atoms with Crippen molar-refractivity contribution in [2.45, 2.75) is 51.7 Å². The number of nitrogens with zero attached hydrogens (tertiary/aromatic N) is 1. The zero-order valence-electron chi connectivity index (χ0n) is 11.8. The van der Waals surface area contributed by atoms with Crippen molar-refractivity contribution in [3.63, 3.8) is 0 Å². The lowest BCUT2D eigenvalue weighted by Crippen LogP contribution is -2.41. The lowest BCUT2D eigenvalue weighted by Gasteiger charge is -2.32. The second-order valence-electron chi connectivity index (χ2n) is 5.34. The fraction of sp³-hybridized carbons (Fsp3) is 0.667. The van der Waals surface area contributed by atoms with Gasteiger partial charge in [-0.1, -0.05) is 6.07 Å². The number of amides is 1. The van der Waals surface area contributed by atoms with Gasteiger partial charge in [0.15, 0.2) is 0 Å². The smallest absolute Gasteiger partial charge is 0.222 e. The molecule has 3 nitrogen and oxygen atoms in total. The summed E-state index contributed by atoms with van der Waals surface area (Å²) in [6.07, 6.45) is 4.08. The van der Waals surface area contributed by atoms with Crippen LogP contribution in [0.1, 0.15) is 38.0 Å². The molecule has 0 aliphatic carbocycles. The Morgan fingerprint density at radius 3 is 2.79 bits per heavy atom. The molecule has 106 valence electrons. The van der Waals surface area contributed by atoms with Crippen LogP contribution in [0.3, 0.4) is 0 Å². The number of likely N-dealkylation sites (tertiary alicyclic amines) is 1. The van der Waals surface area contributed by atoms with E-state index < -0.39 is 0 Å². The van der Waals surface area contributed by atoms with E-state index in [1.165, 1.54) is 4.88 Å². The van der Waals surface area contributed by atoms with Crippen molar-refractivity contribution < 1.29 is 9.53 Å². The summed E-state index contributed by atoms with van der Waals surface area (Å²) in [5.41, 5.74) is 0. The predicted octanol–water partition coefficient (Wildman–Crippen LogP) is 3.10. The third-order valence-electron chi connectivity index (χ3n) is 3.42. The second-order valence-corrected chi connectivity index (χ2v) is 6.38. The molecule has 1 fully saturated rings. The Kier molecular flexibility index (Phi) is 5.40. The SMILES string of the molecule is CC(C)OC1CCN(C(=O)CCc2cccs2)CC1. The van der Waals surface area contributed by atoms with Crippen molar-refractivity contribution in [1.29, 1.82) is 0 Å². The van der Waals surface area contributed by atoms with Gasteiger partial charge in [0.25, 0.3) is 0 Å². The highest BCUT2D eigenvalue weighted by atomic mass is 32.1. The second kappa shape index (κ2) is 7.06. The molecule has 0 aromatic carbocycles. The first-order valence-electron chi connectivity index (χ1n) is 7.11. The lowest BCUT2D eigenvalue weighted by atomic mass is 10.1. The van der Waals surface area contributed by atoms with Gasteiger partial charge in [-0.15, -0.1) is 11.3 Å². The number of rotatable bonds is 5. The van der Waals surface area contributed by atoms with Crippen LogP contribution in [0.15, 0.2) is 17.5 Å². The molecule has 1 aromatic rings. The van der Waals surface area contributed by atoms with E-state index in [1.807, 2.05) is 11.0 Å². The molecular weight excluding hydrogens is 258 g/mol. The molecule has 0 atom stereocenters. The zero-order chi connectivity index (χ0) is 13.7. The molecule has 4 heteroatoms. The molecule has 0 saturated carbocycles. The lowest BCUT2D eigenvalue weighted by molar-refractivity contribution is -0.134. The van der Waals surface area contributed by atoms with E-state index >= 15 is 0 Å². The van der Waals surface area contributed by atoms with Crippen molar-refractivity contribution in [2.75, 3.05) is 13.1 Å². The van der Waals surface area contributed by atoms with Gasteiger partial charge in [0.05, 0.1) is 12.2 Å². The molecule has 2 rings (SSSR count). The molecular formula is C15H23NO2S. The van der Waals surface area contributed by atoms with Crippen molar-refractivity contribution in [3.8, 4) is 0 Å². The van der Waals surface area contributed by atoms with Crippen LogP contribution in [0, 0.1) is 0 Å². The normalized spacial score (nSPS) is 17.1. The van der Waals surface area contributed by atoms with Gasteiger partial charge in [-0.3, -0.25) is 4.79 Å². The Morgan fingerprint density at radius 1 is 1.47 bits per heavy atom. The third-order valence-corrected chi connectivity index (χ3v) is 4.36. The fourth-order valence-electron chi connectivity index (χ4n) is 2.47. The highest BCUT2D eigenvalue weighted by Gasteiger charge is 2.23. The van der Waals surface area contributed by atoms with E-state index in [1.54, 1.807) is 11.3 Å². The quantitative estimate of drug-likeness (QED) is 0.830. The van der Waals surface area contributed by atoms with Crippen molar-refractivity contribution in [2.24, 2.45) is 0 Å². The first-order valence-corrected chi connectivity index (χ1v) is 7.98. The van der Waals surface area contributed by atoms with Gasteiger partial charge >= 0.3 is 0 Å². The molecule has 1 aromatic heterocycles. The van der Waals surface area contributed by atoms with Gasteiger partial charge in [0, 0.05) is 24.4 Å². The standard InChI is InChI=1S/C15H23NO2S/c1-12(2)18-13-7-9-16(10-8-13)15(17)6-5-14-4-3-11-19-14/h3-4,11-13H,5-10H2,1-2H3. The van der Waals surface area contributed by atoms with Gasteiger partial charge < -0.3 is 9.64 Å². The van der Waals surface area contributed by atoms with Crippen LogP contribution < -0.4 is 0 Å². The summed E-state index contributed by atoms with van der Waals surface area (Å²) >= 11 is 1.73. The third kappa shape index (κ3) is 4.62. The monoisotopic (exact) mass is 281 g/mol. The number of piperidine rings is 1. The molecule has 0 unspecified atom stereocenters. The molecule has 0 spiro atoms. The molecule has 0 bridgehead atoms. The first kappa shape index (κ1) is 14.5. The van der Waals surface area contributed by atoms with E-state index in [0.29, 0.717) is 12.5 Å². The van der Waals surface area contributed by atoms with Crippen LogP contribution in [-0.2, 0) is 16.0 Å². The zero-order valence-corrected chi connectivity index (χ0v) is 12.6. The fourth-order valence-corrected chi connectivity index (χ4v) is 3.18. The van der Waals surface area contributed by atoms with E-state index in [4.69, 9.17) is 4.74 Å². The summed E-state index contributed by atoms with van der Waals surface area (Å²) in [5.74, 6) is 0.288. The maximum atomic E-state index is 12.1. The van der Waals surface area contributed by atoms with Crippen molar-refractivity contribution in [1.82, 2.24) is 4.90 Å². The van der Waals surface area contributed by atoms with E-state index in [9.17, 15) is 4.79 Å². The maximum absolute atomic E-state index is 12.1. The van der Waals surface area contributed by atoms with Crippen LogP contribution in [-0.4, -0.2) is 36.1 Å². The number of hydrogen-bond acceptors (Lipinski definition) is 3. The number of carbonyl (C=O) groups is 1. The van der Waals surface area contributed by atoms with Crippen molar-refractivity contribution in [3.05, 3.63) is 22.4 Å². The summed E-state index contributed by atoms with van der Waals surface area (Å²) < 4.78 is 5.80. The maximum Gasteiger partial charge on any atom is 0.222 e. The largest absolute Gasteiger partial charge is 0.375 e. The summed E-state index contributed by atoms with van der Waals surface area (Å²) in [6.45, 7) is 5.83. The minimum Gasteiger partial charge on any atom is -0.375 e. The van der Waals surface area contributed by atoms with Gasteiger partial charge in [-0.05, 0) is 44.6 Å². The number of carbonyl (C=O) groups excluding carboxylic acids is 1. The molecule has 0 radical (unpaired) electrons.